The molecule has 1 N–H and O–H groups in total. The maximum absolute atomic E-state index is 13.8. The number of anilines is 2. The Labute approximate surface area is 230 Å². The molecule has 0 bridgehead atoms. The van der Waals surface area contributed by atoms with E-state index in [4.69, 9.17) is 4.74 Å². The number of ether oxygens (including phenoxy) is 1. The van der Waals surface area contributed by atoms with Gasteiger partial charge in [-0.1, -0.05) is 12.1 Å². The van der Waals surface area contributed by atoms with E-state index in [9.17, 15) is 21.6 Å². The molecule has 1 aliphatic rings. The third-order valence-corrected chi connectivity index (χ3v) is 8.83. The van der Waals surface area contributed by atoms with Gasteiger partial charge in [-0.05, 0) is 67.3 Å². The topological polar surface area (TPSA) is 89.4 Å². The Hall–Kier alpha value is -3.90. The molecule has 1 saturated carbocycles. The number of aromatic nitrogens is 3. The number of halogens is 3. The van der Waals surface area contributed by atoms with Crippen molar-refractivity contribution in [2.75, 3.05) is 19.5 Å². The number of hydrogen-bond acceptors (Lipinski definition) is 6. The molecular weight excluding hydrogens is 543 g/mol. The fourth-order valence-corrected chi connectivity index (χ4v) is 5.75. The van der Waals surface area contributed by atoms with E-state index < -0.39 is 21.8 Å². The first-order valence-corrected chi connectivity index (χ1v) is 14.1. The fraction of sp³-hybridized carbons (Fsp3) is 0.286. The van der Waals surface area contributed by atoms with Crippen LogP contribution >= 0.6 is 0 Å². The molecule has 12 heteroatoms. The summed E-state index contributed by atoms with van der Waals surface area (Å²) >= 11 is 0. The van der Waals surface area contributed by atoms with Gasteiger partial charge in [0, 0.05) is 43.3 Å². The number of nitrogens with one attached hydrogen (secondary N) is 1. The highest BCUT2D eigenvalue weighted by Crippen LogP contribution is 2.36. The lowest BCUT2D eigenvalue weighted by Gasteiger charge is -2.26. The smallest absolute Gasteiger partial charge is 0.417 e. The quantitative estimate of drug-likeness (QED) is 0.255. The van der Waals surface area contributed by atoms with E-state index in [1.54, 1.807) is 49.8 Å². The fourth-order valence-electron chi connectivity index (χ4n) is 4.42. The minimum absolute atomic E-state index is 0.0632. The molecule has 5 rings (SSSR count). The second kappa shape index (κ2) is 10.9. The summed E-state index contributed by atoms with van der Waals surface area (Å²) in [5, 5.41) is 2.97. The van der Waals surface area contributed by atoms with Gasteiger partial charge in [-0.25, -0.2) is 18.4 Å². The number of alkyl halides is 3. The van der Waals surface area contributed by atoms with Crippen molar-refractivity contribution in [2.45, 2.75) is 42.9 Å². The molecule has 2 heterocycles. The molecule has 1 fully saturated rings. The number of hydrogen-bond donors (Lipinski definition) is 1. The molecule has 2 aromatic carbocycles. The largest absolute Gasteiger partial charge is 0.497 e. The molecule has 40 heavy (non-hydrogen) atoms. The molecule has 8 nitrogen and oxygen atoms in total. The highest BCUT2D eigenvalue weighted by atomic mass is 32.2. The summed E-state index contributed by atoms with van der Waals surface area (Å²) in [6.45, 7) is 0.137. The Morgan fingerprint density at radius 2 is 1.82 bits per heavy atom. The Morgan fingerprint density at radius 3 is 2.42 bits per heavy atom. The van der Waals surface area contributed by atoms with Crippen molar-refractivity contribution < 1.29 is 26.3 Å². The monoisotopic (exact) mass is 571 g/mol. The SMILES string of the molecule is COc1ccc(CN(C)S(=O)(=O)c2ccc(Nc3ccc(C(F)(F)F)cn3)cc2-c2cn(C3CCC3)cn2)cc1. The van der Waals surface area contributed by atoms with Crippen molar-refractivity contribution in [2.24, 2.45) is 0 Å². The predicted octanol–water partition coefficient (Wildman–Crippen LogP) is 6.26. The van der Waals surface area contributed by atoms with Crippen LogP contribution in [-0.2, 0) is 22.7 Å². The first-order valence-electron chi connectivity index (χ1n) is 12.6. The maximum atomic E-state index is 13.8. The minimum Gasteiger partial charge on any atom is -0.497 e. The van der Waals surface area contributed by atoms with Crippen LogP contribution in [0, 0.1) is 0 Å². The Kier molecular flexibility index (Phi) is 7.56. The van der Waals surface area contributed by atoms with Crippen LogP contribution in [0.5, 0.6) is 5.75 Å². The van der Waals surface area contributed by atoms with E-state index in [1.807, 2.05) is 10.8 Å². The molecule has 0 atom stereocenters. The van der Waals surface area contributed by atoms with Crippen molar-refractivity contribution in [1.29, 1.82) is 0 Å². The first kappa shape index (κ1) is 27.7. The van der Waals surface area contributed by atoms with Gasteiger partial charge >= 0.3 is 6.18 Å². The van der Waals surface area contributed by atoms with Gasteiger partial charge in [-0.3, -0.25) is 0 Å². The molecule has 0 spiro atoms. The standard InChI is InChI=1S/C28H28F3N5O3S/c1-35(16-19-6-10-23(39-2)11-7-19)40(37,38)26-12-9-21(34-27-13-8-20(15-32-27)28(29,30)31)14-24(26)25-17-36(18-33-25)22-4-3-5-22/h6-15,17-18,22H,3-5,16H2,1-2H3,(H,32,34). The van der Waals surface area contributed by atoms with E-state index in [0.29, 0.717) is 28.7 Å². The third kappa shape index (κ3) is 5.82. The zero-order valence-electron chi connectivity index (χ0n) is 21.9. The van der Waals surface area contributed by atoms with Crippen molar-refractivity contribution in [1.82, 2.24) is 18.8 Å². The maximum Gasteiger partial charge on any atom is 0.417 e. The van der Waals surface area contributed by atoms with E-state index in [1.165, 1.54) is 23.5 Å². The zero-order valence-corrected chi connectivity index (χ0v) is 22.7. The predicted molar refractivity (Wildman–Crippen MR) is 145 cm³/mol. The van der Waals surface area contributed by atoms with E-state index in [-0.39, 0.29) is 17.3 Å². The van der Waals surface area contributed by atoms with Crippen molar-refractivity contribution >= 4 is 21.5 Å². The van der Waals surface area contributed by atoms with Crippen LogP contribution < -0.4 is 10.1 Å². The molecule has 0 unspecified atom stereocenters. The van der Waals surface area contributed by atoms with Crippen LogP contribution in [0.1, 0.15) is 36.4 Å². The van der Waals surface area contributed by atoms with E-state index >= 15 is 0 Å². The highest BCUT2D eigenvalue weighted by Gasteiger charge is 2.31. The number of imidazole rings is 1. The lowest BCUT2D eigenvalue weighted by molar-refractivity contribution is -0.137. The number of pyridine rings is 1. The summed E-state index contributed by atoms with van der Waals surface area (Å²) in [5.41, 5.74) is 1.23. The first-order chi connectivity index (χ1) is 19.0. The van der Waals surface area contributed by atoms with Crippen LogP contribution in [0.4, 0.5) is 24.7 Å². The number of methoxy groups -OCH3 is 1. The molecule has 210 valence electrons. The van der Waals surface area contributed by atoms with Gasteiger partial charge in [0.05, 0.1) is 29.6 Å². The van der Waals surface area contributed by atoms with E-state index in [0.717, 1.165) is 37.1 Å². The highest BCUT2D eigenvalue weighted by molar-refractivity contribution is 7.89. The second-order valence-electron chi connectivity index (χ2n) is 9.67. The van der Waals surface area contributed by atoms with Gasteiger partial charge < -0.3 is 14.6 Å². The van der Waals surface area contributed by atoms with E-state index in [2.05, 4.69) is 15.3 Å². The van der Waals surface area contributed by atoms with Crippen LogP contribution in [0.25, 0.3) is 11.3 Å². The van der Waals surface area contributed by atoms with Crippen LogP contribution in [0.15, 0.2) is 78.2 Å². The summed E-state index contributed by atoms with van der Waals surface area (Å²) < 4.78 is 74.8. The summed E-state index contributed by atoms with van der Waals surface area (Å²) in [7, 11) is -0.892. The molecule has 1 aliphatic carbocycles. The average molecular weight is 572 g/mol. The van der Waals surface area contributed by atoms with Crippen LogP contribution in [0.2, 0.25) is 0 Å². The van der Waals surface area contributed by atoms with Crippen molar-refractivity contribution in [3.8, 4) is 17.0 Å². The molecule has 0 saturated heterocycles. The lowest BCUT2D eigenvalue weighted by atomic mass is 9.93. The van der Waals surface area contributed by atoms with Crippen LogP contribution in [0.3, 0.4) is 0 Å². The molecular formula is C28H28F3N5O3S. The summed E-state index contributed by atoms with van der Waals surface area (Å²) in [6.07, 6.45) is 2.99. The van der Waals surface area contributed by atoms with Crippen molar-refractivity contribution in [3.63, 3.8) is 0 Å². The lowest BCUT2D eigenvalue weighted by Crippen LogP contribution is -2.27. The third-order valence-electron chi connectivity index (χ3n) is 6.97. The van der Waals surface area contributed by atoms with Crippen LogP contribution in [-0.4, -0.2) is 41.4 Å². The summed E-state index contributed by atoms with van der Waals surface area (Å²) in [6, 6.07) is 14.3. The molecule has 0 radical (unpaired) electrons. The van der Waals surface area contributed by atoms with Gasteiger partial charge in [0.15, 0.2) is 0 Å². The Balaban J connectivity index is 1.48. The molecule has 0 amide bonds. The Morgan fingerprint density at radius 1 is 1.07 bits per heavy atom. The van der Waals surface area contributed by atoms with Gasteiger partial charge in [0.25, 0.3) is 0 Å². The molecule has 4 aromatic rings. The number of rotatable bonds is 9. The number of benzene rings is 2. The normalized spacial score (nSPS) is 14.2. The molecule has 0 aliphatic heterocycles. The van der Waals surface area contributed by atoms with Gasteiger partial charge in [-0.2, -0.15) is 17.5 Å². The Bertz CT molecular complexity index is 1580. The second-order valence-corrected chi connectivity index (χ2v) is 11.7. The van der Waals surface area contributed by atoms with Gasteiger partial charge in [0.1, 0.15) is 11.6 Å². The number of sulfonamides is 1. The average Bonchev–Trinajstić information content (AvgIpc) is 3.37. The minimum atomic E-state index is -4.49. The van der Waals surface area contributed by atoms with Crippen molar-refractivity contribution in [3.05, 3.63) is 84.4 Å². The summed E-state index contributed by atoms with van der Waals surface area (Å²) in [4.78, 5) is 8.43. The number of nitrogens with zero attached hydrogens (tertiary/aromatic N) is 4. The summed E-state index contributed by atoms with van der Waals surface area (Å²) in [5.74, 6) is 0.857. The van der Waals surface area contributed by atoms with Gasteiger partial charge in [0.2, 0.25) is 10.0 Å². The zero-order chi connectivity index (χ0) is 28.5. The molecule has 2 aromatic heterocycles. The van der Waals surface area contributed by atoms with Gasteiger partial charge in [-0.15, -0.1) is 0 Å².